The van der Waals surface area contributed by atoms with E-state index in [0.29, 0.717) is 18.5 Å². The third-order valence-electron chi connectivity index (χ3n) is 6.42. The molecule has 7 nitrogen and oxygen atoms in total. The van der Waals surface area contributed by atoms with Crippen molar-refractivity contribution in [3.8, 4) is 11.1 Å². The number of likely N-dealkylation sites (tertiary alicyclic amines) is 1. The second-order valence-corrected chi connectivity index (χ2v) is 8.09. The fourth-order valence-corrected chi connectivity index (χ4v) is 4.74. The highest BCUT2D eigenvalue weighted by Gasteiger charge is 2.62. The minimum Gasteiger partial charge on any atom is -0.434 e. The molecule has 0 aromatic heterocycles. The molecule has 2 saturated heterocycles. The first kappa shape index (κ1) is 19.5. The maximum Gasteiger partial charge on any atom is 0.333 e. The van der Waals surface area contributed by atoms with Gasteiger partial charge in [0.15, 0.2) is 0 Å². The molecule has 1 amide bonds. The molecule has 0 N–H and O–H groups in total. The van der Waals surface area contributed by atoms with Crippen LogP contribution >= 0.6 is 0 Å². The van der Waals surface area contributed by atoms with Crippen molar-refractivity contribution in [2.45, 2.75) is 30.8 Å². The van der Waals surface area contributed by atoms with Gasteiger partial charge in [-0.2, -0.15) is 0 Å². The van der Waals surface area contributed by atoms with Gasteiger partial charge in [0.2, 0.25) is 12.0 Å². The highest BCUT2D eigenvalue weighted by Crippen LogP contribution is 2.44. The second kappa shape index (κ2) is 7.35. The summed E-state index contributed by atoms with van der Waals surface area (Å²) in [5, 5.41) is 0. The SMILES string of the molecule is CN1C2CCC13OC(=O)/C=C/C(=O)OC3N(C(=O)c1ccc(-c3ccccc3)cc1)C2. The van der Waals surface area contributed by atoms with Gasteiger partial charge in [0.25, 0.3) is 5.91 Å². The fourth-order valence-electron chi connectivity index (χ4n) is 4.74. The number of rotatable bonds is 2. The first-order valence-corrected chi connectivity index (χ1v) is 10.3. The van der Waals surface area contributed by atoms with Crippen molar-refractivity contribution in [1.82, 2.24) is 9.80 Å². The van der Waals surface area contributed by atoms with Gasteiger partial charge in [-0.25, -0.2) is 9.59 Å². The minimum absolute atomic E-state index is 0.0127. The van der Waals surface area contributed by atoms with Gasteiger partial charge in [-0.05, 0) is 36.7 Å². The van der Waals surface area contributed by atoms with Crippen LogP contribution < -0.4 is 0 Å². The highest BCUT2D eigenvalue weighted by atomic mass is 16.6. The number of hydrogen-bond acceptors (Lipinski definition) is 6. The second-order valence-electron chi connectivity index (χ2n) is 8.09. The van der Waals surface area contributed by atoms with E-state index in [1.807, 2.05) is 54.4 Å². The summed E-state index contributed by atoms with van der Waals surface area (Å²) < 4.78 is 11.4. The summed E-state index contributed by atoms with van der Waals surface area (Å²) in [6.07, 6.45) is 2.31. The summed E-state index contributed by atoms with van der Waals surface area (Å²) in [6, 6.07) is 17.3. The van der Waals surface area contributed by atoms with Crippen molar-refractivity contribution < 1.29 is 23.9 Å². The Bertz CT molecular complexity index is 1070. The molecule has 0 aliphatic carbocycles. The third kappa shape index (κ3) is 3.21. The van der Waals surface area contributed by atoms with E-state index < -0.39 is 23.9 Å². The van der Waals surface area contributed by atoms with E-state index in [1.54, 1.807) is 12.1 Å². The molecule has 0 radical (unpaired) electrons. The number of likely N-dealkylation sites (N-methyl/N-ethyl adjacent to an activating group) is 1. The van der Waals surface area contributed by atoms with Crippen molar-refractivity contribution in [3.63, 3.8) is 0 Å². The topological polar surface area (TPSA) is 76.2 Å². The van der Waals surface area contributed by atoms with Crippen LogP contribution in [-0.4, -0.2) is 59.2 Å². The third-order valence-corrected chi connectivity index (χ3v) is 6.42. The molecular formula is C24H22N2O5. The molecule has 2 bridgehead atoms. The van der Waals surface area contributed by atoms with E-state index in [1.165, 1.54) is 4.90 Å². The number of carbonyl (C=O) groups excluding carboxylic acids is 3. The number of fused-ring (bicyclic) bond motifs is 1. The van der Waals surface area contributed by atoms with Crippen molar-refractivity contribution in [1.29, 1.82) is 0 Å². The van der Waals surface area contributed by atoms with Gasteiger partial charge in [-0.3, -0.25) is 14.6 Å². The average molecular weight is 418 g/mol. The number of benzene rings is 2. The lowest BCUT2D eigenvalue weighted by Crippen LogP contribution is -2.70. The summed E-state index contributed by atoms with van der Waals surface area (Å²) in [7, 11) is 1.84. The van der Waals surface area contributed by atoms with E-state index in [4.69, 9.17) is 9.47 Å². The molecule has 3 atom stereocenters. The van der Waals surface area contributed by atoms with Crippen molar-refractivity contribution in [2.24, 2.45) is 0 Å². The minimum atomic E-state index is -1.18. The van der Waals surface area contributed by atoms with E-state index >= 15 is 0 Å². The summed E-state index contributed by atoms with van der Waals surface area (Å²) in [6.45, 7) is 0.386. The van der Waals surface area contributed by atoms with Gasteiger partial charge < -0.3 is 9.47 Å². The van der Waals surface area contributed by atoms with Crippen molar-refractivity contribution >= 4 is 17.8 Å². The van der Waals surface area contributed by atoms with Crippen LogP contribution in [0.3, 0.4) is 0 Å². The fraction of sp³-hybridized carbons (Fsp3) is 0.292. The Labute approximate surface area is 179 Å². The maximum atomic E-state index is 13.5. The van der Waals surface area contributed by atoms with Crippen LogP contribution in [0.4, 0.5) is 0 Å². The van der Waals surface area contributed by atoms with E-state index in [9.17, 15) is 14.4 Å². The zero-order valence-electron chi connectivity index (χ0n) is 17.1. The Morgan fingerprint density at radius 2 is 1.65 bits per heavy atom. The lowest BCUT2D eigenvalue weighted by atomic mass is 10.0. The largest absolute Gasteiger partial charge is 0.434 e. The lowest BCUT2D eigenvalue weighted by Gasteiger charge is -2.50. The molecule has 158 valence electrons. The van der Waals surface area contributed by atoms with Gasteiger partial charge in [-0.1, -0.05) is 42.5 Å². The average Bonchev–Trinajstić information content (AvgIpc) is 3.00. The molecule has 3 aliphatic rings. The van der Waals surface area contributed by atoms with Crippen molar-refractivity contribution in [3.05, 3.63) is 72.3 Å². The summed E-state index contributed by atoms with van der Waals surface area (Å²) in [4.78, 5) is 41.4. The Hall–Kier alpha value is -3.45. The molecule has 31 heavy (non-hydrogen) atoms. The van der Waals surface area contributed by atoms with Crippen LogP contribution in [0.25, 0.3) is 11.1 Å². The molecule has 2 aromatic rings. The Morgan fingerprint density at radius 1 is 0.968 bits per heavy atom. The highest BCUT2D eigenvalue weighted by molar-refractivity contribution is 5.96. The molecule has 0 saturated carbocycles. The molecule has 3 heterocycles. The van der Waals surface area contributed by atoms with Crippen molar-refractivity contribution in [2.75, 3.05) is 13.6 Å². The predicted molar refractivity (Wildman–Crippen MR) is 112 cm³/mol. The Kier molecular flexibility index (Phi) is 4.63. The number of piperazine rings is 1. The predicted octanol–water partition coefficient (Wildman–Crippen LogP) is 2.58. The lowest BCUT2D eigenvalue weighted by molar-refractivity contribution is -0.249. The molecule has 1 spiro atoms. The molecule has 2 aromatic carbocycles. The summed E-state index contributed by atoms with van der Waals surface area (Å²) >= 11 is 0. The van der Waals surface area contributed by atoms with E-state index in [2.05, 4.69) is 0 Å². The van der Waals surface area contributed by atoms with E-state index in [0.717, 1.165) is 29.7 Å². The monoisotopic (exact) mass is 418 g/mol. The molecule has 2 fully saturated rings. The van der Waals surface area contributed by atoms with Crippen LogP contribution in [0.15, 0.2) is 66.7 Å². The summed E-state index contributed by atoms with van der Waals surface area (Å²) in [5.74, 6) is -1.55. The van der Waals surface area contributed by atoms with Crippen LogP contribution in [0.2, 0.25) is 0 Å². The van der Waals surface area contributed by atoms with Gasteiger partial charge >= 0.3 is 11.9 Å². The maximum absolute atomic E-state index is 13.5. The van der Waals surface area contributed by atoms with Crippen LogP contribution in [0, 0.1) is 0 Å². The zero-order chi connectivity index (χ0) is 21.6. The number of carbonyl (C=O) groups is 3. The summed E-state index contributed by atoms with van der Waals surface area (Å²) in [5.41, 5.74) is 1.37. The molecule has 3 unspecified atom stereocenters. The number of hydrogen-bond donors (Lipinski definition) is 0. The van der Waals surface area contributed by atoms with Gasteiger partial charge in [-0.15, -0.1) is 0 Å². The van der Waals surface area contributed by atoms with Gasteiger partial charge in [0.05, 0.1) is 0 Å². The van der Waals surface area contributed by atoms with Gasteiger partial charge in [0, 0.05) is 36.7 Å². The standard InChI is InChI=1S/C24H22N2O5/c1-25-19-13-14-24(25)23(30-20(27)11-12-21(28)31-24)26(15-19)22(29)18-9-7-17(8-10-18)16-5-3-2-4-6-16/h2-12,19,23H,13-15H2,1H3/b12-11+. The van der Waals surface area contributed by atoms with Crippen LogP contribution in [-0.2, 0) is 19.1 Å². The number of nitrogens with zero attached hydrogens (tertiary/aromatic N) is 2. The molecular weight excluding hydrogens is 396 g/mol. The smallest absolute Gasteiger partial charge is 0.333 e. The first-order valence-electron chi connectivity index (χ1n) is 10.3. The number of esters is 2. The quantitative estimate of drug-likeness (QED) is 0.698. The number of amides is 1. The Morgan fingerprint density at radius 3 is 2.39 bits per heavy atom. The molecule has 5 rings (SSSR count). The van der Waals surface area contributed by atoms with Crippen LogP contribution in [0.1, 0.15) is 23.2 Å². The zero-order valence-corrected chi connectivity index (χ0v) is 17.1. The van der Waals surface area contributed by atoms with E-state index in [-0.39, 0.29) is 11.9 Å². The first-order chi connectivity index (χ1) is 15.0. The number of ether oxygens (including phenoxy) is 2. The molecule has 3 aliphatic heterocycles. The van der Waals surface area contributed by atoms with Crippen LogP contribution in [0.5, 0.6) is 0 Å². The molecule has 7 heteroatoms. The van der Waals surface area contributed by atoms with Gasteiger partial charge in [0.1, 0.15) is 0 Å². The Balaban J connectivity index is 1.48. The normalized spacial score (nSPS) is 28.7.